The molecule has 0 spiro atoms. The van der Waals surface area contributed by atoms with Crippen LogP contribution in [-0.4, -0.2) is 11.9 Å². The van der Waals surface area contributed by atoms with Crippen LogP contribution in [0.1, 0.15) is 20.7 Å². The number of anilines is 1. The third-order valence-electron chi connectivity index (χ3n) is 2.55. The monoisotopic (exact) mass is 334 g/mol. The minimum Gasteiger partial charge on any atom is -0.370 e. The molecule has 0 saturated carbocycles. The predicted molar refractivity (Wildman–Crippen MR) is 78.1 cm³/mol. The van der Waals surface area contributed by atoms with Gasteiger partial charge in [0.2, 0.25) is 0 Å². The number of nitrogens with one attached hydrogen (secondary N) is 1. The lowest BCUT2D eigenvalue weighted by atomic mass is 10.1. The summed E-state index contributed by atoms with van der Waals surface area (Å²) in [4.78, 5) is 27.5. The number of carbonyl (C=O) groups excluding carboxylic acids is 2. The molecule has 2 rings (SSSR count). The van der Waals surface area contributed by atoms with Crippen LogP contribution in [0.3, 0.4) is 0 Å². The first-order valence-electron chi connectivity index (χ1n) is 5.68. The Morgan fingerprint density at radius 3 is 2.45 bits per heavy atom. The number of halogens is 1. The van der Waals surface area contributed by atoms with Gasteiger partial charge in [-0.1, -0.05) is 28.1 Å². The molecule has 5 nitrogen and oxygen atoms in total. The molecule has 0 radical (unpaired) electrons. The Morgan fingerprint density at radius 1 is 1.05 bits per heavy atom. The highest BCUT2D eigenvalue weighted by Crippen LogP contribution is 2.17. The summed E-state index contributed by atoms with van der Waals surface area (Å²) in [6, 6.07) is 13.3. The van der Waals surface area contributed by atoms with E-state index in [0.29, 0.717) is 11.3 Å². The molecular weight excluding hydrogens is 324 g/mol. The van der Waals surface area contributed by atoms with Crippen LogP contribution >= 0.6 is 15.9 Å². The van der Waals surface area contributed by atoms with Crippen molar-refractivity contribution in [1.82, 2.24) is 0 Å². The van der Waals surface area contributed by atoms with Gasteiger partial charge in [0.25, 0.3) is 5.91 Å². The Morgan fingerprint density at radius 2 is 1.75 bits per heavy atom. The summed E-state index contributed by atoms with van der Waals surface area (Å²) < 4.78 is 0.857. The fraction of sp³-hybridized carbons (Fsp3) is 0. The highest BCUT2D eigenvalue weighted by molar-refractivity contribution is 9.10. The average molecular weight is 335 g/mol. The van der Waals surface area contributed by atoms with Gasteiger partial charge in [-0.3, -0.25) is 4.79 Å². The van der Waals surface area contributed by atoms with Crippen LogP contribution in [0.25, 0.3) is 0 Å². The van der Waals surface area contributed by atoms with Crippen LogP contribution in [0.5, 0.6) is 0 Å². The highest BCUT2D eigenvalue weighted by atomic mass is 79.9. The molecule has 0 fully saturated rings. The summed E-state index contributed by atoms with van der Waals surface area (Å²) in [5.41, 5.74) is 1.21. The molecule has 0 aliphatic heterocycles. The highest BCUT2D eigenvalue weighted by Gasteiger charge is 2.11. The molecule has 0 bridgehead atoms. The fourth-order valence-corrected chi connectivity index (χ4v) is 2.02. The average Bonchev–Trinajstić information content (AvgIpc) is 2.46. The first-order chi connectivity index (χ1) is 9.60. The molecular formula is C14H11BrN2O3. The Hall–Kier alpha value is -2.18. The van der Waals surface area contributed by atoms with E-state index in [1.165, 1.54) is 12.1 Å². The third kappa shape index (κ3) is 3.43. The molecule has 0 aliphatic carbocycles. The van der Waals surface area contributed by atoms with Crippen molar-refractivity contribution < 1.29 is 14.4 Å². The van der Waals surface area contributed by atoms with Gasteiger partial charge < -0.3 is 10.2 Å². The molecule has 2 aromatic rings. The van der Waals surface area contributed by atoms with Crippen LogP contribution in [-0.2, 0) is 4.84 Å². The molecule has 6 heteroatoms. The molecule has 0 unspecified atom stereocenters. The van der Waals surface area contributed by atoms with E-state index in [-0.39, 0.29) is 11.5 Å². The first kappa shape index (κ1) is 14.2. The van der Waals surface area contributed by atoms with E-state index in [0.717, 1.165) is 4.47 Å². The largest absolute Gasteiger partial charge is 0.370 e. The number of nitrogens with two attached hydrogens (primary N) is 1. The maximum Gasteiger partial charge on any atom is 0.356 e. The fourth-order valence-electron chi connectivity index (χ4n) is 1.62. The van der Waals surface area contributed by atoms with Gasteiger partial charge in [-0.05, 0) is 36.4 Å². The van der Waals surface area contributed by atoms with Crippen molar-refractivity contribution in [2.75, 3.05) is 5.32 Å². The summed E-state index contributed by atoms with van der Waals surface area (Å²) in [6.07, 6.45) is 0. The zero-order chi connectivity index (χ0) is 14.5. The van der Waals surface area contributed by atoms with Gasteiger partial charge >= 0.3 is 5.97 Å². The molecule has 102 valence electrons. The van der Waals surface area contributed by atoms with Crippen molar-refractivity contribution in [3.05, 3.63) is 64.1 Å². The van der Waals surface area contributed by atoms with Crippen molar-refractivity contribution >= 4 is 33.5 Å². The molecule has 0 heterocycles. The lowest BCUT2D eigenvalue weighted by molar-refractivity contribution is 0.0503. The van der Waals surface area contributed by atoms with Crippen molar-refractivity contribution in [1.29, 1.82) is 0 Å². The number of benzene rings is 2. The van der Waals surface area contributed by atoms with E-state index in [9.17, 15) is 9.59 Å². The van der Waals surface area contributed by atoms with Crippen molar-refractivity contribution in [3.63, 3.8) is 0 Å². The van der Waals surface area contributed by atoms with E-state index >= 15 is 0 Å². The van der Waals surface area contributed by atoms with Crippen LogP contribution in [0.4, 0.5) is 5.69 Å². The number of hydrogen-bond acceptors (Lipinski definition) is 4. The van der Waals surface area contributed by atoms with Gasteiger partial charge in [0, 0.05) is 15.7 Å². The maximum atomic E-state index is 12.1. The number of carbonyl (C=O) groups is 2. The quantitative estimate of drug-likeness (QED) is 0.845. The van der Waals surface area contributed by atoms with Gasteiger partial charge in [0.05, 0.1) is 5.56 Å². The zero-order valence-corrected chi connectivity index (χ0v) is 11.9. The van der Waals surface area contributed by atoms with E-state index < -0.39 is 5.97 Å². The van der Waals surface area contributed by atoms with E-state index in [4.69, 9.17) is 5.90 Å². The SMILES string of the molecule is NOC(=O)c1cccc(C(=O)Nc2cccc(Br)c2)c1. The van der Waals surface area contributed by atoms with Crippen LogP contribution < -0.4 is 11.2 Å². The Bertz CT molecular complexity index is 658. The zero-order valence-electron chi connectivity index (χ0n) is 10.3. The Balaban J connectivity index is 2.19. The normalized spacial score (nSPS) is 9.90. The van der Waals surface area contributed by atoms with Crippen molar-refractivity contribution in [2.45, 2.75) is 0 Å². The lowest BCUT2D eigenvalue weighted by Gasteiger charge is -2.06. The Kier molecular flexibility index (Phi) is 4.49. The third-order valence-corrected chi connectivity index (χ3v) is 3.04. The molecule has 2 aromatic carbocycles. The molecule has 3 N–H and O–H groups in total. The smallest absolute Gasteiger partial charge is 0.356 e. The summed E-state index contributed by atoms with van der Waals surface area (Å²) in [7, 11) is 0. The summed E-state index contributed by atoms with van der Waals surface area (Å²) in [6.45, 7) is 0. The molecule has 0 aromatic heterocycles. The van der Waals surface area contributed by atoms with Gasteiger partial charge in [-0.25, -0.2) is 4.79 Å². The molecule has 1 amide bonds. The van der Waals surface area contributed by atoms with Crippen LogP contribution in [0, 0.1) is 0 Å². The minimum absolute atomic E-state index is 0.217. The summed E-state index contributed by atoms with van der Waals surface area (Å²) in [5, 5.41) is 2.73. The molecule has 0 atom stereocenters. The first-order valence-corrected chi connectivity index (χ1v) is 6.47. The second-order valence-electron chi connectivity index (χ2n) is 3.95. The van der Waals surface area contributed by atoms with Gasteiger partial charge in [0.15, 0.2) is 0 Å². The van der Waals surface area contributed by atoms with Crippen LogP contribution in [0.2, 0.25) is 0 Å². The van der Waals surface area contributed by atoms with Gasteiger partial charge in [-0.2, -0.15) is 5.90 Å². The van der Waals surface area contributed by atoms with Crippen molar-refractivity contribution in [2.24, 2.45) is 5.90 Å². The Labute approximate surface area is 123 Å². The van der Waals surface area contributed by atoms with E-state index in [1.807, 2.05) is 12.1 Å². The second kappa shape index (κ2) is 6.31. The van der Waals surface area contributed by atoms with E-state index in [2.05, 4.69) is 26.1 Å². The predicted octanol–water partition coefficient (Wildman–Crippen LogP) is 2.73. The lowest BCUT2D eigenvalue weighted by Crippen LogP contribution is -2.14. The van der Waals surface area contributed by atoms with Crippen molar-refractivity contribution in [3.8, 4) is 0 Å². The minimum atomic E-state index is -0.692. The second-order valence-corrected chi connectivity index (χ2v) is 4.87. The number of rotatable bonds is 3. The molecule has 0 saturated heterocycles. The summed E-state index contributed by atoms with van der Waals surface area (Å²) >= 11 is 3.32. The van der Waals surface area contributed by atoms with Crippen LogP contribution in [0.15, 0.2) is 53.0 Å². The van der Waals surface area contributed by atoms with Gasteiger partial charge in [0.1, 0.15) is 0 Å². The molecule has 20 heavy (non-hydrogen) atoms. The molecule has 0 aliphatic rings. The number of hydrogen-bond donors (Lipinski definition) is 2. The standard InChI is InChI=1S/C14H11BrN2O3/c15-11-5-2-6-12(8-11)17-13(18)9-3-1-4-10(7-9)14(19)20-16/h1-8H,16H2,(H,17,18). The maximum absolute atomic E-state index is 12.1. The number of amides is 1. The topological polar surface area (TPSA) is 81.4 Å². The van der Waals surface area contributed by atoms with Gasteiger partial charge in [-0.15, -0.1) is 0 Å². The van der Waals surface area contributed by atoms with E-state index in [1.54, 1.807) is 24.3 Å². The summed E-state index contributed by atoms with van der Waals surface area (Å²) in [5.74, 6) is 3.80.